The lowest BCUT2D eigenvalue weighted by molar-refractivity contribution is 0.0942. The van der Waals surface area contributed by atoms with Crippen molar-refractivity contribution in [3.05, 3.63) is 45.3 Å². The van der Waals surface area contributed by atoms with Crippen LogP contribution in [0.15, 0.2) is 34.5 Å². The number of hydrogen-bond acceptors (Lipinski definition) is 5. The van der Waals surface area contributed by atoms with Gasteiger partial charge >= 0.3 is 0 Å². The van der Waals surface area contributed by atoms with E-state index in [1.54, 1.807) is 6.07 Å². The topological polar surface area (TPSA) is 84.5 Å². The molecule has 0 spiro atoms. The Bertz CT molecular complexity index is 805. The van der Waals surface area contributed by atoms with Crippen molar-refractivity contribution in [3.63, 3.8) is 0 Å². The second-order valence-electron chi connectivity index (χ2n) is 3.96. The molecule has 0 atom stereocenters. The Kier molecular flexibility index (Phi) is 5.30. The van der Waals surface area contributed by atoms with Crippen LogP contribution in [-0.2, 0) is 10.0 Å². The molecular formula is C12H10Cl2N2O4S2. The van der Waals surface area contributed by atoms with Crippen LogP contribution in [0.4, 0.5) is 0 Å². The van der Waals surface area contributed by atoms with Gasteiger partial charge < -0.3 is 4.74 Å². The van der Waals surface area contributed by atoms with Gasteiger partial charge in [-0.2, -0.15) is 0 Å². The van der Waals surface area contributed by atoms with Crippen LogP contribution in [-0.4, -0.2) is 21.4 Å². The second-order valence-corrected chi connectivity index (χ2v) is 8.02. The molecule has 1 aromatic carbocycles. The van der Waals surface area contributed by atoms with Gasteiger partial charge in [0.25, 0.3) is 15.9 Å². The quantitative estimate of drug-likeness (QED) is 0.780. The Hall–Kier alpha value is -1.32. The molecule has 0 saturated heterocycles. The summed E-state index contributed by atoms with van der Waals surface area (Å²) in [4.78, 5) is 14.0. The van der Waals surface area contributed by atoms with Gasteiger partial charge in [-0.25, -0.2) is 8.42 Å². The molecule has 1 amide bonds. The maximum Gasteiger partial charge on any atom is 0.270 e. The van der Waals surface area contributed by atoms with Crippen molar-refractivity contribution in [1.29, 1.82) is 0 Å². The van der Waals surface area contributed by atoms with E-state index in [4.69, 9.17) is 27.9 Å². The first kappa shape index (κ1) is 17.0. The van der Waals surface area contributed by atoms with E-state index in [1.807, 2.05) is 4.83 Å². The van der Waals surface area contributed by atoms with Crippen LogP contribution in [0, 0.1) is 0 Å². The molecule has 2 aromatic rings. The van der Waals surface area contributed by atoms with E-state index in [9.17, 15) is 13.2 Å². The zero-order chi connectivity index (χ0) is 16.3. The molecule has 0 bridgehead atoms. The van der Waals surface area contributed by atoms with Crippen LogP contribution < -0.4 is 15.0 Å². The third kappa shape index (κ3) is 3.90. The maximum atomic E-state index is 12.1. The molecule has 0 radical (unpaired) electrons. The number of amides is 1. The van der Waals surface area contributed by atoms with Gasteiger partial charge in [-0.3, -0.25) is 10.2 Å². The number of thiophene rings is 1. The highest BCUT2D eigenvalue weighted by Crippen LogP contribution is 2.25. The predicted octanol–water partition coefficient (Wildman–Crippen LogP) is 2.69. The third-order valence-corrected chi connectivity index (χ3v) is 5.72. The molecular weight excluding hydrogens is 371 g/mol. The average molecular weight is 381 g/mol. The normalized spacial score (nSPS) is 11.2. The van der Waals surface area contributed by atoms with Crippen molar-refractivity contribution in [2.75, 3.05) is 7.11 Å². The summed E-state index contributed by atoms with van der Waals surface area (Å²) in [5.41, 5.74) is 2.20. The Morgan fingerprint density at radius 2 is 1.95 bits per heavy atom. The van der Waals surface area contributed by atoms with Crippen LogP contribution in [0.25, 0.3) is 0 Å². The molecule has 0 unspecified atom stereocenters. The van der Waals surface area contributed by atoms with Crippen molar-refractivity contribution in [2.45, 2.75) is 4.21 Å². The van der Waals surface area contributed by atoms with Gasteiger partial charge in [-0.1, -0.05) is 23.2 Å². The standard InChI is InChI=1S/C12H10Cl2N2O4S2/c1-20-9-3-2-7(13)6-8(9)12(17)15-16-22(18,19)11-5-4-10(14)21-11/h2-6,16H,1H3,(H,15,17). The van der Waals surface area contributed by atoms with Gasteiger partial charge in [-0.05, 0) is 30.3 Å². The third-order valence-electron chi connectivity index (χ3n) is 2.52. The van der Waals surface area contributed by atoms with Crippen molar-refractivity contribution in [3.8, 4) is 5.75 Å². The first-order valence-corrected chi connectivity index (χ1v) is 8.80. The largest absolute Gasteiger partial charge is 0.496 e. The smallest absolute Gasteiger partial charge is 0.270 e. The predicted molar refractivity (Wildman–Crippen MR) is 85.1 cm³/mol. The van der Waals surface area contributed by atoms with Gasteiger partial charge in [-0.15, -0.1) is 16.2 Å². The van der Waals surface area contributed by atoms with E-state index in [-0.39, 0.29) is 15.5 Å². The summed E-state index contributed by atoms with van der Waals surface area (Å²) in [6.07, 6.45) is 0. The molecule has 2 rings (SSSR count). The van der Waals surface area contributed by atoms with Crippen molar-refractivity contribution < 1.29 is 17.9 Å². The summed E-state index contributed by atoms with van der Waals surface area (Å²) in [5, 5.41) is 0.318. The Balaban J connectivity index is 2.15. The van der Waals surface area contributed by atoms with E-state index in [0.29, 0.717) is 9.36 Å². The van der Waals surface area contributed by atoms with E-state index in [1.165, 1.54) is 31.4 Å². The number of ether oxygens (including phenoxy) is 1. The number of hydrazine groups is 1. The van der Waals surface area contributed by atoms with Crippen molar-refractivity contribution in [2.24, 2.45) is 0 Å². The highest BCUT2D eigenvalue weighted by atomic mass is 35.5. The summed E-state index contributed by atoms with van der Waals surface area (Å²) in [6.45, 7) is 0. The molecule has 0 aliphatic carbocycles. The lowest BCUT2D eigenvalue weighted by atomic mass is 10.2. The molecule has 1 heterocycles. The van der Waals surface area contributed by atoms with Gasteiger partial charge in [0, 0.05) is 5.02 Å². The summed E-state index contributed by atoms with van der Waals surface area (Å²) >= 11 is 12.4. The Morgan fingerprint density at radius 3 is 2.55 bits per heavy atom. The lowest BCUT2D eigenvalue weighted by Gasteiger charge is -2.10. The number of carbonyl (C=O) groups is 1. The minimum Gasteiger partial charge on any atom is -0.496 e. The monoisotopic (exact) mass is 380 g/mol. The molecule has 0 aliphatic rings. The minimum atomic E-state index is -3.89. The zero-order valence-electron chi connectivity index (χ0n) is 11.1. The Labute approximate surface area is 141 Å². The fourth-order valence-electron chi connectivity index (χ4n) is 1.53. The molecule has 22 heavy (non-hydrogen) atoms. The van der Waals surface area contributed by atoms with Crippen molar-refractivity contribution in [1.82, 2.24) is 10.3 Å². The number of sulfonamides is 1. The fraction of sp³-hybridized carbons (Fsp3) is 0.0833. The molecule has 0 fully saturated rings. The molecule has 6 nitrogen and oxygen atoms in total. The first-order valence-electron chi connectivity index (χ1n) is 5.74. The maximum absolute atomic E-state index is 12.1. The van der Waals surface area contributed by atoms with Crippen LogP contribution in [0.2, 0.25) is 9.36 Å². The average Bonchev–Trinajstić information content (AvgIpc) is 2.92. The van der Waals surface area contributed by atoms with Gasteiger partial charge in [0.15, 0.2) is 0 Å². The van der Waals surface area contributed by atoms with Gasteiger partial charge in [0.1, 0.15) is 9.96 Å². The molecule has 10 heteroatoms. The highest BCUT2D eigenvalue weighted by molar-refractivity contribution is 7.91. The number of hydrogen-bond donors (Lipinski definition) is 2. The molecule has 2 N–H and O–H groups in total. The van der Waals surface area contributed by atoms with E-state index in [2.05, 4.69) is 5.43 Å². The summed E-state index contributed by atoms with van der Waals surface area (Å²) in [6, 6.07) is 7.20. The minimum absolute atomic E-state index is 0.0177. The number of halogens is 2. The van der Waals surface area contributed by atoms with Crippen LogP contribution in [0.1, 0.15) is 10.4 Å². The van der Waals surface area contributed by atoms with E-state index >= 15 is 0 Å². The molecule has 0 saturated carbocycles. The molecule has 0 aliphatic heterocycles. The van der Waals surface area contributed by atoms with Crippen LogP contribution in [0.3, 0.4) is 0 Å². The highest BCUT2D eigenvalue weighted by Gasteiger charge is 2.19. The SMILES string of the molecule is COc1ccc(Cl)cc1C(=O)NNS(=O)(=O)c1ccc(Cl)s1. The van der Waals surface area contributed by atoms with Gasteiger partial charge in [0.05, 0.1) is 17.0 Å². The zero-order valence-corrected chi connectivity index (χ0v) is 14.2. The lowest BCUT2D eigenvalue weighted by Crippen LogP contribution is -2.41. The summed E-state index contributed by atoms with van der Waals surface area (Å²) < 4.78 is 29.3. The first-order chi connectivity index (χ1) is 10.3. The van der Waals surface area contributed by atoms with Crippen molar-refractivity contribution >= 4 is 50.5 Å². The number of methoxy groups -OCH3 is 1. The number of carbonyl (C=O) groups excluding carboxylic acids is 1. The van der Waals surface area contributed by atoms with Gasteiger partial charge in [0.2, 0.25) is 0 Å². The van der Waals surface area contributed by atoms with Crippen LogP contribution >= 0.6 is 34.5 Å². The van der Waals surface area contributed by atoms with E-state index in [0.717, 1.165) is 11.3 Å². The number of rotatable bonds is 5. The number of benzene rings is 1. The number of nitrogens with one attached hydrogen (secondary N) is 2. The fourth-order valence-corrected chi connectivity index (χ4v) is 4.03. The Morgan fingerprint density at radius 1 is 1.23 bits per heavy atom. The summed E-state index contributed by atoms with van der Waals surface area (Å²) in [7, 11) is -2.51. The van der Waals surface area contributed by atoms with E-state index < -0.39 is 15.9 Å². The van der Waals surface area contributed by atoms with Crippen LogP contribution in [0.5, 0.6) is 5.75 Å². The summed E-state index contributed by atoms with van der Waals surface area (Å²) in [5.74, 6) is -0.439. The molecule has 1 aromatic heterocycles. The molecule has 118 valence electrons. The second kappa shape index (κ2) is 6.84.